The minimum Gasteiger partial charge on any atom is -0.456 e. The molecular formula is C17H14N2O2. The fraction of sp³-hybridized carbons (Fsp3) is 0.118. The molecule has 0 unspecified atom stereocenters. The predicted octanol–water partition coefficient (Wildman–Crippen LogP) is 2.75. The molecule has 0 fully saturated rings. The number of benzene rings is 2. The van der Waals surface area contributed by atoms with Crippen LogP contribution in [0.2, 0.25) is 0 Å². The molecule has 1 heterocycles. The zero-order chi connectivity index (χ0) is 14.7. The fourth-order valence-electron chi connectivity index (χ4n) is 2.26. The predicted molar refractivity (Wildman–Crippen MR) is 84.1 cm³/mol. The van der Waals surface area contributed by atoms with Gasteiger partial charge in [-0.15, -0.1) is 6.42 Å². The molecule has 0 radical (unpaired) electrons. The molecule has 0 spiro atoms. The number of hydrogen-bond donors (Lipinski definition) is 2. The van der Waals surface area contributed by atoms with Crippen LogP contribution in [0.15, 0.2) is 46.9 Å². The lowest BCUT2D eigenvalue weighted by molar-refractivity contribution is -0.115. The molecule has 0 atom stereocenters. The van der Waals surface area contributed by atoms with E-state index in [1.807, 2.05) is 42.5 Å². The van der Waals surface area contributed by atoms with E-state index in [1.165, 1.54) is 0 Å². The van der Waals surface area contributed by atoms with Crippen LogP contribution in [0.1, 0.15) is 0 Å². The van der Waals surface area contributed by atoms with Crippen molar-refractivity contribution in [3.8, 4) is 12.3 Å². The highest BCUT2D eigenvalue weighted by Gasteiger charge is 2.08. The fourth-order valence-corrected chi connectivity index (χ4v) is 2.26. The van der Waals surface area contributed by atoms with Crippen LogP contribution in [0, 0.1) is 12.3 Å². The van der Waals surface area contributed by atoms with Crippen LogP contribution >= 0.6 is 0 Å². The van der Waals surface area contributed by atoms with Crippen molar-refractivity contribution >= 4 is 33.5 Å². The number of carbonyl (C=O) groups excluding carboxylic acids is 1. The molecule has 3 aromatic rings. The molecular weight excluding hydrogens is 264 g/mol. The number of anilines is 1. The lowest BCUT2D eigenvalue weighted by atomic mass is 10.1. The number of para-hydroxylation sites is 1. The third-order valence-corrected chi connectivity index (χ3v) is 3.17. The monoisotopic (exact) mass is 278 g/mol. The molecule has 1 aromatic heterocycles. The van der Waals surface area contributed by atoms with Crippen LogP contribution in [-0.2, 0) is 4.79 Å². The SMILES string of the molecule is C#CCNCC(=O)Nc1ccc2oc3ccccc3c2c1. The quantitative estimate of drug-likeness (QED) is 0.570. The van der Waals surface area contributed by atoms with Gasteiger partial charge in [0.05, 0.1) is 13.1 Å². The molecule has 21 heavy (non-hydrogen) atoms. The lowest BCUT2D eigenvalue weighted by Crippen LogP contribution is -2.28. The molecule has 2 N–H and O–H groups in total. The van der Waals surface area contributed by atoms with Gasteiger partial charge in [-0.05, 0) is 24.3 Å². The first-order valence-electron chi connectivity index (χ1n) is 6.63. The maximum absolute atomic E-state index is 11.8. The first-order chi connectivity index (χ1) is 10.3. The van der Waals surface area contributed by atoms with Gasteiger partial charge in [0.25, 0.3) is 0 Å². The van der Waals surface area contributed by atoms with Gasteiger partial charge in [-0.1, -0.05) is 24.1 Å². The Balaban J connectivity index is 1.85. The first kappa shape index (κ1) is 13.2. The molecule has 0 aliphatic heterocycles. The van der Waals surface area contributed by atoms with E-state index in [2.05, 4.69) is 16.6 Å². The van der Waals surface area contributed by atoms with E-state index in [0.29, 0.717) is 6.54 Å². The maximum atomic E-state index is 11.8. The summed E-state index contributed by atoms with van der Waals surface area (Å²) in [6.07, 6.45) is 5.12. The second-order valence-electron chi connectivity index (χ2n) is 4.67. The van der Waals surface area contributed by atoms with Crippen molar-refractivity contribution in [1.29, 1.82) is 0 Å². The van der Waals surface area contributed by atoms with Crippen molar-refractivity contribution in [2.24, 2.45) is 0 Å². The molecule has 0 aliphatic carbocycles. The minimum atomic E-state index is -0.127. The highest BCUT2D eigenvalue weighted by Crippen LogP contribution is 2.30. The lowest BCUT2D eigenvalue weighted by Gasteiger charge is -2.05. The summed E-state index contributed by atoms with van der Waals surface area (Å²) in [5.74, 6) is 2.30. The Morgan fingerprint density at radius 3 is 2.81 bits per heavy atom. The zero-order valence-electron chi connectivity index (χ0n) is 11.3. The topological polar surface area (TPSA) is 54.3 Å². The van der Waals surface area contributed by atoms with Gasteiger partial charge in [0.1, 0.15) is 11.2 Å². The van der Waals surface area contributed by atoms with Crippen LogP contribution in [0.25, 0.3) is 21.9 Å². The number of nitrogens with one attached hydrogen (secondary N) is 2. The second-order valence-corrected chi connectivity index (χ2v) is 4.67. The van der Waals surface area contributed by atoms with Gasteiger partial charge in [-0.2, -0.15) is 0 Å². The van der Waals surface area contributed by atoms with Crippen LogP contribution in [0.4, 0.5) is 5.69 Å². The minimum absolute atomic E-state index is 0.127. The molecule has 4 heteroatoms. The summed E-state index contributed by atoms with van der Waals surface area (Å²) in [7, 11) is 0. The Morgan fingerprint density at radius 2 is 1.95 bits per heavy atom. The number of terminal acetylenes is 1. The Labute approximate surface area is 122 Å². The standard InChI is InChI=1S/C17H14N2O2/c1-2-9-18-11-17(20)19-12-7-8-16-14(10-12)13-5-3-4-6-15(13)21-16/h1,3-8,10,18H,9,11H2,(H,19,20). The number of furan rings is 1. The third kappa shape index (κ3) is 2.73. The summed E-state index contributed by atoms with van der Waals surface area (Å²) < 4.78 is 5.74. The van der Waals surface area contributed by atoms with Gasteiger partial charge in [-0.25, -0.2) is 0 Å². The van der Waals surface area contributed by atoms with Crippen molar-refractivity contribution in [3.63, 3.8) is 0 Å². The number of fused-ring (bicyclic) bond motifs is 3. The van der Waals surface area contributed by atoms with E-state index in [-0.39, 0.29) is 12.5 Å². The summed E-state index contributed by atoms with van der Waals surface area (Å²) >= 11 is 0. The Bertz CT molecular complexity index is 843. The van der Waals surface area contributed by atoms with Crippen molar-refractivity contribution in [2.45, 2.75) is 0 Å². The summed E-state index contributed by atoms with van der Waals surface area (Å²) in [5.41, 5.74) is 2.38. The number of carbonyl (C=O) groups is 1. The van der Waals surface area contributed by atoms with Crippen LogP contribution in [0.3, 0.4) is 0 Å². The van der Waals surface area contributed by atoms with E-state index >= 15 is 0 Å². The van der Waals surface area contributed by atoms with E-state index in [4.69, 9.17) is 10.8 Å². The molecule has 3 rings (SSSR count). The average molecular weight is 278 g/mol. The number of hydrogen-bond acceptors (Lipinski definition) is 3. The summed E-state index contributed by atoms with van der Waals surface area (Å²) in [5, 5.41) is 7.71. The van der Waals surface area contributed by atoms with E-state index in [9.17, 15) is 4.79 Å². The first-order valence-corrected chi connectivity index (χ1v) is 6.63. The number of amides is 1. The molecule has 0 saturated heterocycles. The van der Waals surface area contributed by atoms with Crippen molar-refractivity contribution in [1.82, 2.24) is 5.32 Å². The van der Waals surface area contributed by atoms with E-state index in [1.54, 1.807) is 0 Å². The normalized spacial score (nSPS) is 10.6. The summed E-state index contributed by atoms with van der Waals surface area (Å²) in [6, 6.07) is 13.4. The second kappa shape index (κ2) is 5.70. The van der Waals surface area contributed by atoms with E-state index in [0.717, 1.165) is 27.6 Å². The highest BCUT2D eigenvalue weighted by molar-refractivity contribution is 6.07. The van der Waals surface area contributed by atoms with Gasteiger partial charge in [-0.3, -0.25) is 10.1 Å². The molecule has 0 aliphatic rings. The zero-order valence-corrected chi connectivity index (χ0v) is 11.3. The number of rotatable bonds is 4. The van der Waals surface area contributed by atoms with Gasteiger partial charge >= 0.3 is 0 Å². The van der Waals surface area contributed by atoms with Crippen molar-refractivity contribution in [3.05, 3.63) is 42.5 Å². The van der Waals surface area contributed by atoms with Crippen molar-refractivity contribution < 1.29 is 9.21 Å². The highest BCUT2D eigenvalue weighted by atomic mass is 16.3. The van der Waals surface area contributed by atoms with Crippen LogP contribution < -0.4 is 10.6 Å². The summed E-state index contributed by atoms with van der Waals surface area (Å²) in [4.78, 5) is 11.8. The average Bonchev–Trinajstić information content (AvgIpc) is 2.86. The van der Waals surface area contributed by atoms with Gasteiger partial charge < -0.3 is 9.73 Å². The Kier molecular flexibility index (Phi) is 3.59. The van der Waals surface area contributed by atoms with E-state index < -0.39 is 0 Å². The molecule has 104 valence electrons. The van der Waals surface area contributed by atoms with Gasteiger partial charge in [0, 0.05) is 16.5 Å². The molecule has 1 amide bonds. The Hall–Kier alpha value is -2.77. The Morgan fingerprint density at radius 1 is 1.14 bits per heavy atom. The molecule has 0 saturated carbocycles. The molecule has 0 bridgehead atoms. The van der Waals surface area contributed by atoms with Gasteiger partial charge in [0.2, 0.25) is 5.91 Å². The largest absolute Gasteiger partial charge is 0.456 e. The van der Waals surface area contributed by atoms with Crippen molar-refractivity contribution in [2.75, 3.05) is 18.4 Å². The summed E-state index contributed by atoms with van der Waals surface area (Å²) in [6.45, 7) is 0.563. The van der Waals surface area contributed by atoms with Crippen LogP contribution in [0.5, 0.6) is 0 Å². The smallest absolute Gasteiger partial charge is 0.238 e. The van der Waals surface area contributed by atoms with Gasteiger partial charge in [0.15, 0.2) is 0 Å². The third-order valence-electron chi connectivity index (χ3n) is 3.17. The maximum Gasteiger partial charge on any atom is 0.238 e. The molecule has 4 nitrogen and oxygen atoms in total. The molecule has 2 aromatic carbocycles. The van der Waals surface area contributed by atoms with Crippen LogP contribution in [-0.4, -0.2) is 19.0 Å².